The summed E-state index contributed by atoms with van der Waals surface area (Å²) in [5.74, 6) is 0.505. The quantitative estimate of drug-likeness (QED) is 0.394. The lowest BCUT2D eigenvalue weighted by molar-refractivity contribution is -0.111. The van der Waals surface area contributed by atoms with Crippen LogP contribution in [0, 0.1) is 0 Å². The number of rotatable bonds is 6. The molecule has 0 radical (unpaired) electrons. The highest BCUT2D eigenvalue weighted by atomic mass is 35.5. The van der Waals surface area contributed by atoms with Crippen LogP contribution >= 0.6 is 11.6 Å². The molecule has 0 bridgehead atoms. The molecule has 0 unspecified atom stereocenters. The van der Waals surface area contributed by atoms with Crippen molar-refractivity contribution in [2.24, 2.45) is 7.05 Å². The third-order valence-corrected chi connectivity index (χ3v) is 4.55. The first-order chi connectivity index (χ1) is 14.5. The predicted octanol–water partition coefficient (Wildman–Crippen LogP) is 4.63. The summed E-state index contributed by atoms with van der Waals surface area (Å²) in [6.07, 6.45) is 6.22. The normalized spacial score (nSPS) is 10.6. The van der Waals surface area contributed by atoms with Crippen molar-refractivity contribution < 1.29 is 4.79 Å². The molecule has 0 aliphatic heterocycles. The molecule has 0 aliphatic carbocycles. The Morgan fingerprint density at radius 3 is 2.77 bits per heavy atom. The molecule has 30 heavy (non-hydrogen) atoms. The number of hydrogen-bond acceptors (Lipinski definition) is 6. The number of carbonyl (C=O) groups excluding carboxylic acids is 1. The maximum Gasteiger partial charge on any atom is 0.247 e. The Kier molecular flexibility index (Phi) is 5.32. The molecule has 2 aromatic heterocycles. The van der Waals surface area contributed by atoms with E-state index in [9.17, 15) is 4.79 Å². The van der Waals surface area contributed by atoms with Crippen molar-refractivity contribution in [3.05, 3.63) is 72.7 Å². The van der Waals surface area contributed by atoms with E-state index in [1.54, 1.807) is 10.9 Å². The van der Waals surface area contributed by atoms with Gasteiger partial charge in [0.1, 0.15) is 5.02 Å². The van der Waals surface area contributed by atoms with Crippen LogP contribution in [0.5, 0.6) is 0 Å². The van der Waals surface area contributed by atoms with Crippen LogP contribution in [-0.4, -0.2) is 25.7 Å². The second-order valence-electron chi connectivity index (χ2n) is 6.48. The summed E-state index contributed by atoms with van der Waals surface area (Å²) in [4.78, 5) is 20.5. The van der Waals surface area contributed by atoms with Gasteiger partial charge in [-0.3, -0.25) is 9.48 Å². The standard InChI is InChI=1S/C21H18ClN7O/c1-3-19(30)27-18-9-14(8-13-6-4-5-7-16(13)18)25-20-17(22)11-23-21(28-20)26-15-10-24-29(2)12-15/h3-12H,1H2,2H3,(H,27,30)(H2,23,25,26,28). The number of hydrogen-bond donors (Lipinski definition) is 3. The number of carbonyl (C=O) groups is 1. The number of nitrogens with zero attached hydrogens (tertiary/aromatic N) is 4. The van der Waals surface area contributed by atoms with E-state index >= 15 is 0 Å². The van der Waals surface area contributed by atoms with E-state index in [0.29, 0.717) is 28.2 Å². The Bertz CT molecular complexity index is 1250. The summed E-state index contributed by atoms with van der Waals surface area (Å²) in [6, 6.07) is 11.5. The molecule has 3 N–H and O–H groups in total. The van der Waals surface area contributed by atoms with Crippen molar-refractivity contribution in [3.63, 3.8) is 0 Å². The van der Waals surface area contributed by atoms with Crippen molar-refractivity contribution >= 4 is 57.1 Å². The zero-order chi connectivity index (χ0) is 21.1. The third kappa shape index (κ3) is 4.23. The lowest BCUT2D eigenvalue weighted by Gasteiger charge is -2.13. The molecule has 150 valence electrons. The summed E-state index contributed by atoms with van der Waals surface area (Å²) >= 11 is 6.30. The average Bonchev–Trinajstić information content (AvgIpc) is 3.15. The molecule has 0 spiro atoms. The fourth-order valence-electron chi connectivity index (χ4n) is 2.94. The van der Waals surface area contributed by atoms with Crippen LogP contribution < -0.4 is 16.0 Å². The maximum atomic E-state index is 11.9. The van der Waals surface area contributed by atoms with Crippen molar-refractivity contribution in [1.82, 2.24) is 19.7 Å². The van der Waals surface area contributed by atoms with Crippen LogP contribution in [0.1, 0.15) is 0 Å². The SMILES string of the molecule is C=CC(=O)Nc1cc(Nc2nc(Nc3cnn(C)c3)ncc2Cl)cc2ccccc12. The third-order valence-electron chi connectivity index (χ3n) is 4.27. The molecule has 4 aromatic rings. The minimum atomic E-state index is -0.291. The molecule has 0 fully saturated rings. The molecule has 2 heterocycles. The Morgan fingerprint density at radius 1 is 1.17 bits per heavy atom. The second-order valence-corrected chi connectivity index (χ2v) is 6.89. The topological polar surface area (TPSA) is 96.8 Å². The molecular weight excluding hydrogens is 402 g/mol. The molecule has 1 amide bonds. The summed E-state index contributed by atoms with van der Waals surface area (Å²) in [6.45, 7) is 3.51. The minimum Gasteiger partial charge on any atom is -0.339 e. The Labute approximate surface area is 177 Å². The first-order valence-corrected chi connectivity index (χ1v) is 9.41. The first kappa shape index (κ1) is 19.4. The van der Waals surface area contributed by atoms with Gasteiger partial charge in [-0.15, -0.1) is 0 Å². The Balaban J connectivity index is 1.67. The molecule has 0 saturated carbocycles. The molecule has 9 heteroatoms. The van der Waals surface area contributed by atoms with E-state index in [1.165, 1.54) is 12.3 Å². The molecule has 4 rings (SSSR count). The summed E-state index contributed by atoms with van der Waals surface area (Å²) in [7, 11) is 1.82. The molecule has 2 aromatic carbocycles. The smallest absolute Gasteiger partial charge is 0.247 e. The van der Waals surface area contributed by atoms with Gasteiger partial charge in [-0.1, -0.05) is 42.4 Å². The van der Waals surface area contributed by atoms with Crippen molar-refractivity contribution in [3.8, 4) is 0 Å². The van der Waals surface area contributed by atoms with Gasteiger partial charge >= 0.3 is 0 Å². The zero-order valence-corrected chi connectivity index (χ0v) is 16.8. The van der Waals surface area contributed by atoms with E-state index in [2.05, 4.69) is 37.6 Å². The summed E-state index contributed by atoms with van der Waals surface area (Å²) in [5, 5.41) is 15.4. The number of benzene rings is 2. The van der Waals surface area contributed by atoms with E-state index in [4.69, 9.17) is 11.6 Å². The summed E-state index contributed by atoms with van der Waals surface area (Å²) < 4.78 is 1.67. The minimum absolute atomic E-state index is 0.291. The highest BCUT2D eigenvalue weighted by Crippen LogP contribution is 2.31. The van der Waals surface area contributed by atoms with Crippen LogP contribution in [0.4, 0.5) is 28.8 Å². The second kappa shape index (κ2) is 8.22. The fraction of sp³-hybridized carbons (Fsp3) is 0.0476. The van der Waals surface area contributed by atoms with Gasteiger partial charge in [-0.05, 0) is 23.6 Å². The van der Waals surface area contributed by atoms with Crippen molar-refractivity contribution in [2.75, 3.05) is 16.0 Å². The fourth-order valence-corrected chi connectivity index (χ4v) is 3.07. The number of aryl methyl sites for hydroxylation is 1. The van der Waals surface area contributed by atoms with Crippen LogP contribution in [0.2, 0.25) is 5.02 Å². The van der Waals surface area contributed by atoms with Gasteiger partial charge in [-0.25, -0.2) is 4.98 Å². The van der Waals surface area contributed by atoms with Gasteiger partial charge in [-0.2, -0.15) is 10.1 Å². The van der Waals surface area contributed by atoms with Gasteiger partial charge in [0.15, 0.2) is 5.82 Å². The number of halogens is 1. The van der Waals surface area contributed by atoms with Crippen LogP contribution in [0.15, 0.2) is 67.6 Å². The highest BCUT2D eigenvalue weighted by molar-refractivity contribution is 6.33. The van der Waals surface area contributed by atoms with E-state index in [0.717, 1.165) is 16.5 Å². The predicted molar refractivity (Wildman–Crippen MR) is 120 cm³/mol. The van der Waals surface area contributed by atoms with Gasteiger partial charge in [0, 0.05) is 24.3 Å². The van der Waals surface area contributed by atoms with Gasteiger partial charge in [0.25, 0.3) is 0 Å². The highest BCUT2D eigenvalue weighted by Gasteiger charge is 2.10. The molecular formula is C21H18ClN7O. The van der Waals surface area contributed by atoms with Crippen LogP contribution in [-0.2, 0) is 11.8 Å². The molecule has 0 saturated heterocycles. The number of fused-ring (bicyclic) bond motifs is 1. The molecule has 0 aliphatic rings. The largest absolute Gasteiger partial charge is 0.339 e. The van der Waals surface area contributed by atoms with Crippen LogP contribution in [0.3, 0.4) is 0 Å². The van der Waals surface area contributed by atoms with E-state index in [1.807, 2.05) is 49.6 Å². The lowest BCUT2D eigenvalue weighted by Crippen LogP contribution is -2.08. The Hall–Kier alpha value is -3.91. The van der Waals surface area contributed by atoms with Gasteiger partial charge in [0.05, 0.1) is 23.8 Å². The number of aromatic nitrogens is 4. The first-order valence-electron chi connectivity index (χ1n) is 9.03. The maximum absolute atomic E-state index is 11.9. The van der Waals surface area contributed by atoms with Crippen molar-refractivity contribution in [1.29, 1.82) is 0 Å². The number of nitrogens with one attached hydrogen (secondary N) is 3. The molecule has 0 atom stereocenters. The summed E-state index contributed by atoms with van der Waals surface area (Å²) in [5.41, 5.74) is 2.12. The van der Waals surface area contributed by atoms with Gasteiger partial charge in [0.2, 0.25) is 11.9 Å². The lowest BCUT2D eigenvalue weighted by atomic mass is 10.1. The van der Waals surface area contributed by atoms with Crippen LogP contribution in [0.25, 0.3) is 10.8 Å². The van der Waals surface area contributed by atoms with Gasteiger partial charge < -0.3 is 16.0 Å². The van der Waals surface area contributed by atoms with E-state index in [-0.39, 0.29) is 5.91 Å². The number of anilines is 5. The number of amides is 1. The average molecular weight is 420 g/mol. The van der Waals surface area contributed by atoms with E-state index < -0.39 is 0 Å². The zero-order valence-electron chi connectivity index (χ0n) is 16.1. The Morgan fingerprint density at radius 2 is 2.00 bits per heavy atom. The molecule has 8 nitrogen and oxygen atoms in total. The van der Waals surface area contributed by atoms with Crippen molar-refractivity contribution in [2.45, 2.75) is 0 Å². The monoisotopic (exact) mass is 419 g/mol.